The molecule has 1 amide bonds. The van der Waals surface area contributed by atoms with Crippen molar-refractivity contribution in [2.45, 2.75) is 32.2 Å². The number of nitrogens with zero attached hydrogens (tertiary/aromatic N) is 3. The lowest BCUT2D eigenvalue weighted by molar-refractivity contribution is 0.0732. The van der Waals surface area contributed by atoms with Crippen molar-refractivity contribution in [3.8, 4) is 17.2 Å². The number of fused-ring (bicyclic) bond motifs is 1. The van der Waals surface area contributed by atoms with Crippen molar-refractivity contribution in [2.75, 3.05) is 27.9 Å². The van der Waals surface area contributed by atoms with Crippen LogP contribution in [0, 0.1) is 0 Å². The zero-order valence-electron chi connectivity index (χ0n) is 18.1. The maximum atomic E-state index is 13.4. The van der Waals surface area contributed by atoms with Crippen LogP contribution in [-0.4, -0.2) is 53.3 Å². The van der Waals surface area contributed by atoms with E-state index >= 15 is 0 Å². The first-order chi connectivity index (χ1) is 15.0. The van der Waals surface area contributed by atoms with Crippen LogP contribution in [0.3, 0.4) is 0 Å². The van der Waals surface area contributed by atoms with E-state index in [9.17, 15) is 9.59 Å². The van der Waals surface area contributed by atoms with Gasteiger partial charge in [-0.2, -0.15) is 0 Å². The number of carbonyl (C=O) groups is 1. The number of likely N-dealkylation sites (tertiary alicyclic amines) is 1. The number of amides is 1. The smallest absolute Gasteiger partial charge is 0.272 e. The van der Waals surface area contributed by atoms with Crippen molar-refractivity contribution >= 4 is 11.6 Å². The van der Waals surface area contributed by atoms with Crippen LogP contribution in [0.1, 0.15) is 47.6 Å². The minimum absolute atomic E-state index is 0.144. The second-order valence-corrected chi connectivity index (χ2v) is 7.41. The highest BCUT2D eigenvalue weighted by molar-refractivity contribution is 5.96. The predicted molar refractivity (Wildman–Crippen MR) is 114 cm³/mol. The number of benzene rings is 1. The molecule has 0 saturated carbocycles. The summed E-state index contributed by atoms with van der Waals surface area (Å²) in [5.41, 5.74) is 2.38. The Morgan fingerprint density at radius 2 is 1.84 bits per heavy atom. The van der Waals surface area contributed by atoms with Gasteiger partial charge in [0, 0.05) is 29.9 Å². The summed E-state index contributed by atoms with van der Waals surface area (Å²) >= 11 is 0. The molecule has 1 aromatic carbocycles. The highest BCUT2D eigenvalue weighted by Crippen LogP contribution is 2.40. The number of aromatic amines is 1. The Hall–Kier alpha value is -3.49. The second kappa shape index (κ2) is 8.33. The number of hydrogen-bond acceptors (Lipinski definition) is 6. The molecule has 1 aliphatic rings. The highest BCUT2D eigenvalue weighted by Gasteiger charge is 2.33. The van der Waals surface area contributed by atoms with E-state index in [4.69, 9.17) is 14.2 Å². The molecule has 9 heteroatoms. The number of hydrogen-bond donors (Lipinski definition) is 1. The van der Waals surface area contributed by atoms with Crippen molar-refractivity contribution in [1.82, 2.24) is 19.5 Å². The summed E-state index contributed by atoms with van der Waals surface area (Å²) in [5, 5.41) is 3.14. The van der Waals surface area contributed by atoms with Crippen LogP contribution in [0.5, 0.6) is 17.2 Å². The Morgan fingerprint density at radius 1 is 1.13 bits per heavy atom. The fraction of sp³-hybridized carbons (Fsp3) is 0.409. The van der Waals surface area contributed by atoms with E-state index in [-0.39, 0.29) is 17.5 Å². The molecule has 0 radical (unpaired) electrons. The summed E-state index contributed by atoms with van der Waals surface area (Å²) in [5.74, 6) is 1.14. The number of aromatic nitrogens is 3. The van der Waals surface area contributed by atoms with E-state index < -0.39 is 0 Å². The Bertz CT molecular complexity index is 1160. The van der Waals surface area contributed by atoms with Crippen LogP contribution >= 0.6 is 0 Å². The summed E-state index contributed by atoms with van der Waals surface area (Å²) in [7, 11) is 4.56. The van der Waals surface area contributed by atoms with Gasteiger partial charge in [-0.05, 0) is 31.4 Å². The molecule has 3 heterocycles. The van der Waals surface area contributed by atoms with Crippen molar-refractivity contribution in [2.24, 2.45) is 0 Å². The average Bonchev–Trinajstić information content (AvgIpc) is 3.44. The van der Waals surface area contributed by atoms with Gasteiger partial charge in [0.1, 0.15) is 0 Å². The fourth-order valence-corrected chi connectivity index (χ4v) is 4.11. The minimum atomic E-state index is -0.183. The number of aryl methyl sites for hydroxylation is 1. The van der Waals surface area contributed by atoms with Crippen molar-refractivity contribution < 1.29 is 19.0 Å². The number of H-pyrrole nitrogens is 1. The first-order valence-corrected chi connectivity index (χ1v) is 10.2. The van der Waals surface area contributed by atoms with Crippen LogP contribution in [0.25, 0.3) is 5.65 Å². The van der Waals surface area contributed by atoms with Crippen LogP contribution in [0.15, 0.2) is 29.1 Å². The lowest BCUT2D eigenvalue weighted by Gasteiger charge is -2.24. The number of carbonyl (C=O) groups excluding carboxylic acids is 1. The van der Waals surface area contributed by atoms with Gasteiger partial charge < -0.3 is 19.1 Å². The zero-order valence-corrected chi connectivity index (χ0v) is 18.1. The van der Waals surface area contributed by atoms with Gasteiger partial charge in [-0.3, -0.25) is 14.7 Å². The van der Waals surface area contributed by atoms with Gasteiger partial charge in [-0.1, -0.05) is 6.92 Å². The molecule has 0 bridgehead atoms. The molecule has 2 aromatic heterocycles. The Balaban J connectivity index is 1.71. The molecular weight excluding hydrogens is 400 g/mol. The van der Waals surface area contributed by atoms with Gasteiger partial charge in [-0.25, -0.2) is 9.50 Å². The molecule has 3 aromatic rings. The van der Waals surface area contributed by atoms with E-state index in [0.29, 0.717) is 41.4 Å². The van der Waals surface area contributed by atoms with Gasteiger partial charge in [0.2, 0.25) is 5.75 Å². The topological polar surface area (TPSA) is 98.2 Å². The maximum absolute atomic E-state index is 13.4. The van der Waals surface area contributed by atoms with Crippen molar-refractivity contribution in [1.29, 1.82) is 0 Å². The van der Waals surface area contributed by atoms with Gasteiger partial charge in [0.25, 0.3) is 11.5 Å². The van der Waals surface area contributed by atoms with Gasteiger partial charge >= 0.3 is 0 Å². The van der Waals surface area contributed by atoms with Crippen LogP contribution < -0.4 is 19.8 Å². The first-order valence-electron chi connectivity index (χ1n) is 10.2. The molecule has 0 aliphatic carbocycles. The fourth-order valence-electron chi connectivity index (χ4n) is 4.11. The lowest BCUT2D eigenvalue weighted by Crippen LogP contribution is -2.31. The van der Waals surface area contributed by atoms with E-state index in [0.717, 1.165) is 24.2 Å². The van der Waals surface area contributed by atoms with Gasteiger partial charge in [-0.15, -0.1) is 0 Å². The molecule has 164 valence electrons. The third-order valence-corrected chi connectivity index (χ3v) is 5.67. The predicted octanol–water partition coefficient (Wildman–Crippen LogP) is 2.59. The lowest BCUT2D eigenvalue weighted by atomic mass is 10.1. The van der Waals surface area contributed by atoms with E-state index in [2.05, 4.69) is 10.1 Å². The highest BCUT2D eigenvalue weighted by atomic mass is 16.5. The number of nitrogens with one attached hydrogen (secondary N) is 1. The molecule has 0 spiro atoms. The molecule has 4 rings (SSSR count). The average molecular weight is 426 g/mol. The number of ether oxygens (including phenoxy) is 3. The summed E-state index contributed by atoms with van der Waals surface area (Å²) in [6, 6.07) is 6.51. The molecule has 1 aliphatic heterocycles. The standard InChI is InChI=1S/C22H26N4O5/c1-5-14-11-20(27)26-19(23-14)12-15(24-26)16-7-6-8-25(16)22(28)13-9-17(29-2)21(31-4)18(10-13)30-3/h9-12,16,24H,5-8H2,1-4H3/t16-/m1/s1. The molecule has 31 heavy (non-hydrogen) atoms. The second-order valence-electron chi connectivity index (χ2n) is 7.41. The Labute approximate surface area is 179 Å². The molecule has 1 atom stereocenters. The van der Waals surface area contributed by atoms with Crippen molar-refractivity contribution in [3.05, 3.63) is 51.6 Å². The number of rotatable bonds is 6. The van der Waals surface area contributed by atoms with Crippen LogP contribution in [0.4, 0.5) is 0 Å². The van der Waals surface area contributed by atoms with E-state index in [1.807, 2.05) is 13.0 Å². The van der Waals surface area contributed by atoms with E-state index in [1.165, 1.54) is 31.9 Å². The Morgan fingerprint density at radius 3 is 2.45 bits per heavy atom. The molecule has 0 unspecified atom stereocenters. The third kappa shape index (κ3) is 3.60. The zero-order chi connectivity index (χ0) is 22.1. The minimum Gasteiger partial charge on any atom is -0.493 e. The monoisotopic (exact) mass is 426 g/mol. The molecule has 1 saturated heterocycles. The van der Waals surface area contributed by atoms with Gasteiger partial charge in [0.05, 0.1) is 33.1 Å². The van der Waals surface area contributed by atoms with Gasteiger partial charge in [0.15, 0.2) is 17.1 Å². The molecule has 9 nitrogen and oxygen atoms in total. The van der Waals surface area contributed by atoms with Crippen molar-refractivity contribution in [3.63, 3.8) is 0 Å². The SMILES string of the molecule is CCc1cc(=O)n2[nH]c([C@H]3CCCN3C(=O)c3cc(OC)c(OC)c(OC)c3)cc2n1. The molecule has 1 N–H and O–H groups in total. The van der Waals surface area contributed by atoms with E-state index in [1.54, 1.807) is 17.0 Å². The summed E-state index contributed by atoms with van der Waals surface area (Å²) in [6.07, 6.45) is 2.33. The Kier molecular flexibility index (Phi) is 5.58. The summed E-state index contributed by atoms with van der Waals surface area (Å²) in [4.78, 5) is 32.1. The first kappa shape index (κ1) is 20.8. The van der Waals surface area contributed by atoms with Crippen LogP contribution in [-0.2, 0) is 6.42 Å². The molecule has 1 fully saturated rings. The normalized spacial score (nSPS) is 16.0. The third-order valence-electron chi connectivity index (χ3n) is 5.67. The summed E-state index contributed by atoms with van der Waals surface area (Å²) < 4.78 is 17.6. The number of methoxy groups -OCH3 is 3. The summed E-state index contributed by atoms with van der Waals surface area (Å²) in [6.45, 7) is 2.57. The van der Waals surface area contributed by atoms with Crippen LogP contribution in [0.2, 0.25) is 0 Å². The quantitative estimate of drug-likeness (QED) is 0.651. The molecular formula is C22H26N4O5. The largest absolute Gasteiger partial charge is 0.493 e. The maximum Gasteiger partial charge on any atom is 0.272 e.